The first-order chi connectivity index (χ1) is 6.33. The van der Waals surface area contributed by atoms with Crippen LogP contribution in [-0.2, 0) is 6.42 Å². The Hall–Kier alpha value is -1.89. The first-order valence-electron chi connectivity index (χ1n) is 4.09. The Kier molecular flexibility index (Phi) is 1.71. The molecule has 0 aliphatic heterocycles. The molecule has 2 rings (SSSR count). The van der Waals surface area contributed by atoms with Crippen LogP contribution < -0.4 is 0 Å². The Balaban J connectivity index is 2.65. The molecule has 0 spiro atoms. The topological polar surface area (TPSA) is 54.0 Å². The zero-order valence-corrected chi connectivity index (χ0v) is 7.23. The molecule has 0 saturated carbocycles. The van der Waals surface area contributed by atoms with Crippen molar-refractivity contribution in [2.75, 3.05) is 0 Å². The number of nitriles is 1. The molecule has 4 nitrogen and oxygen atoms in total. The van der Waals surface area contributed by atoms with Crippen LogP contribution in [-0.4, -0.2) is 14.6 Å². The summed E-state index contributed by atoms with van der Waals surface area (Å²) in [6.45, 7) is 2.00. The molecule has 2 aromatic rings. The van der Waals surface area contributed by atoms with Gasteiger partial charge in [-0.05, 0) is 6.07 Å². The third-order valence-electron chi connectivity index (χ3n) is 1.83. The first-order valence-corrected chi connectivity index (χ1v) is 4.09. The molecule has 0 aromatic carbocycles. The summed E-state index contributed by atoms with van der Waals surface area (Å²) in [5, 5.41) is 12.9. The van der Waals surface area contributed by atoms with Gasteiger partial charge in [0.25, 0.3) is 0 Å². The second-order valence-corrected chi connectivity index (χ2v) is 2.71. The lowest BCUT2D eigenvalue weighted by molar-refractivity contribution is 0.885. The molecule has 13 heavy (non-hydrogen) atoms. The summed E-state index contributed by atoms with van der Waals surface area (Å²) in [6.07, 6.45) is 2.56. The predicted octanol–water partition coefficient (Wildman–Crippen LogP) is 1.16. The minimum atomic E-state index is 0.613. The number of rotatable bonds is 1. The summed E-state index contributed by atoms with van der Waals surface area (Å²) < 4.78 is 1.68. The quantitative estimate of drug-likeness (QED) is 0.648. The molecule has 0 amide bonds. The van der Waals surface area contributed by atoms with E-state index in [0.717, 1.165) is 17.9 Å². The summed E-state index contributed by atoms with van der Waals surface area (Å²) in [4.78, 5) is 4.24. The average molecular weight is 172 g/mol. The third kappa shape index (κ3) is 1.25. The summed E-state index contributed by atoms with van der Waals surface area (Å²) >= 11 is 0. The van der Waals surface area contributed by atoms with Crippen molar-refractivity contribution in [2.45, 2.75) is 13.3 Å². The Morgan fingerprint density at radius 1 is 1.62 bits per heavy atom. The highest BCUT2D eigenvalue weighted by molar-refractivity contribution is 5.44. The van der Waals surface area contributed by atoms with Gasteiger partial charge in [-0.2, -0.15) is 10.4 Å². The Morgan fingerprint density at radius 3 is 3.15 bits per heavy atom. The highest BCUT2D eigenvalue weighted by Gasteiger charge is 2.01. The fourth-order valence-corrected chi connectivity index (χ4v) is 1.15. The van der Waals surface area contributed by atoms with Gasteiger partial charge in [-0.1, -0.05) is 6.92 Å². The molecule has 0 atom stereocenters. The molecule has 0 unspecified atom stereocenters. The predicted molar refractivity (Wildman–Crippen MR) is 47.1 cm³/mol. The van der Waals surface area contributed by atoms with Gasteiger partial charge in [0.2, 0.25) is 0 Å². The van der Waals surface area contributed by atoms with Crippen LogP contribution in [0.1, 0.15) is 18.3 Å². The molecule has 0 aliphatic carbocycles. The van der Waals surface area contributed by atoms with E-state index in [0.29, 0.717) is 5.56 Å². The van der Waals surface area contributed by atoms with Gasteiger partial charge in [-0.3, -0.25) is 0 Å². The Labute approximate surface area is 75.4 Å². The Bertz CT molecular complexity index is 478. The van der Waals surface area contributed by atoms with E-state index < -0.39 is 0 Å². The van der Waals surface area contributed by atoms with E-state index in [2.05, 4.69) is 16.2 Å². The second-order valence-electron chi connectivity index (χ2n) is 2.71. The molecule has 0 saturated heterocycles. The summed E-state index contributed by atoms with van der Waals surface area (Å²) in [5.74, 6) is 0.801. The van der Waals surface area contributed by atoms with Gasteiger partial charge in [0, 0.05) is 18.7 Å². The van der Waals surface area contributed by atoms with Gasteiger partial charge in [0.15, 0.2) is 11.5 Å². The van der Waals surface area contributed by atoms with Crippen LogP contribution in [0.15, 0.2) is 18.3 Å². The monoisotopic (exact) mass is 172 g/mol. The van der Waals surface area contributed by atoms with Gasteiger partial charge in [-0.25, -0.2) is 9.50 Å². The van der Waals surface area contributed by atoms with Gasteiger partial charge in [0.1, 0.15) is 0 Å². The van der Waals surface area contributed by atoms with Crippen LogP contribution in [0.5, 0.6) is 0 Å². The standard InChI is InChI=1S/C9H8N4/c1-2-8-11-9-5-7(6-10)3-4-13(9)12-8/h3-5H,2H2,1H3. The minimum absolute atomic E-state index is 0.613. The molecule has 2 aromatic heterocycles. The molecular formula is C9H8N4. The van der Waals surface area contributed by atoms with Crippen LogP contribution in [0.4, 0.5) is 0 Å². The number of aryl methyl sites for hydroxylation is 1. The smallest absolute Gasteiger partial charge is 0.156 e. The molecule has 0 bridgehead atoms. The summed E-state index contributed by atoms with van der Waals surface area (Å²) in [5.41, 5.74) is 1.35. The molecule has 64 valence electrons. The minimum Gasteiger partial charge on any atom is -0.221 e. The van der Waals surface area contributed by atoms with E-state index in [-0.39, 0.29) is 0 Å². The number of pyridine rings is 1. The number of hydrogen-bond donors (Lipinski definition) is 0. The zero-order chi connectivity index (χ0) is 9.26. The Morgan fingerprint density at radius 2 is 2.46 bits per heavy atom. The molecule has 0 aliphatic rings. The van der Waals surface area contributed by atoms with Crippen molar-refractivity contribution >= 4 is 5.65 Å². The van der Waals surface area contributed by atoms with Gasteiger partial charge < -0.3 is 0 Å². The third-order valence-corrected chi connectivity index (χ3v) is 1.83. The number of fused-ring (bicyclic) bond motifs is 1. The van der Waals surface area contributed by atoms with Gasteiger partial charge in [0.05, 0.1) is 11.6 Å². The van der Waals surface area contributed by atoms with Crippen LogP contribution >= 0.6 is 0 Å². The second kappa shape index (κ2) is 2.87. The van der Waals surface area contributed by atoms with Crippen LogP contribution in [0.3, 0.4) is 0 Å². The van der Waals surface area contributed by atoms with Crippen LogP contribution in [0.25, 0.3) is 5.65 Å². The number of hydrogen-bond acceptors (Lipinski definition) is 3. The maximum Gasteiger partial charge on any atom is 0.156 e. The van der Waals surface area contributed by atoms with Crippen molar-refractivity contribution in [1.29, 1.82) is 5.26 Å². The van der Waals surface area contributed by atoms with Crippen LogP contribution in [0.2, 0.25) is 0 Å². The summed E-state index contributed by atoms with van der Waals surface area (Å²) in [7, 11) is 0. The van der Waals surface area contributed by atoms with Crippen molar-refractivity contribution in [2.24, 2.45) is 0 Å². The van der Waals surface area contributed by atoms with E-state index >= 15 is 0 Å². The molecule has 0 fully saturated rings. The highest BCUT2D eigenvalue weighted by Crippen LogP contribution is 2.04. The lowest BCUT2D eigenvalue weighted by Gasteiger charge is -1.89. The fraction of sp³-hybridized carbons (Fsp3) is 0.222. The lowest BCUT2D eigenvalue weighted by Crippen LogP contribution is -1.87. The van der Waals surface area contributed by atoms with E-state index in [9.17, 15) is 0 Å². The molecule has 0 N–H and O–H groups in total. The number of aromatic nitrogens is 3. The molecule has 2 heterocycles. The van der Waals surface area contributed by atoms with E-state index in [1.807, 2.05) is 6.92 Å². The van der Waals surface area contributed by atoms with Gasteiger partial charge >= 0.3 is 0 Å². The lowest BCUT2D eigenvalue weighted by atomic mass is 10.3. The van der Waals surface area contributed by atoms with Gasteiger partial charge in [-0.15, -0.1) is 0 Å². The molecule has 0 radical (unpaired) electrons. The largest absolute Gasteiger partial charge is 0.221 e. The maximum atomic E-state index is 8.65. The average Bonchev–Trinajstić information content (AvgIpc) is 2.58. The van der Waals surface area contributed by atoms with Crippen molar-refractivity contribution in [3.05, 3.63) is 29.7 Å². The normalized spacial score (nSPS) is 10.2. The van der Waals surface area contributed by atoms with Crippen molar-refractivity contribution in [3.8, 4) is 6.07 Å². The molecule has 4 heteroatoms. The highest BCUT2D eigenvalue weighted by atomic mass is 15.3. The zero-order valence-electron chi connectivity index (χ0n) is 7.23. The van der Waals surface area contributed by atoms with E-state index in [4.69, 9.17) is 5.26 Å². The fourth-order valence-electron chi connectivity index (χ4n) is 1.15. The van der Waals surface area contributed by atoms with Crippen LogP contribution in [0, 0.1) is 11.3 Å². The maximum absolute atomic E-state index is 8.65. The van der Waals surface area contributed by atoms with E-state index in [1.165, 1.54) is 0 Å². The first kappa shape index (κ1) is 7.74. The SMILES string of the molecule is CCc1nc2cc(C#N)ccn2n1. The van der Waals surface area contributed by atoms with Crippen molar-refractivity contribution in [1.82, 2.24) is 14.6 Å². The van der Waals surface area contributed by atoms with Crippen molar-refractivity contribution < 1.29 is 0 Å². The van der Waals surface area contributed by atoms with E-state index in [1.54, 1.807) is 22.8 Å². The molecular weight excluding hydrogens is 164 g/mol. The summed E-state index contributed by atoms with van der Waals surface area (Å²) in [6, 6.07) is 5.52. The van der Waals surface area contributed by atoms with Crippen molar-refractivity contribution in [3.63, 3.8) is 0 Å². The number of nitrogens with zero attached hydrogens (tertiary/aromatic N) is 4.